The highest BCUT2D eigenvalue weighted by Crippen LogP contribution is 2.25. The number of ether oxygens (including phenoxy) is 2. The van der Waals surface area contributed by atoms with E-state index in [1.165, 1.54) is 0 Å². The minimum Gasteiger partial charge on any atom is -0.458 e. The van der Waals surface area contributed by atoms with Crippen LogP contribution in [0.1, 0.15) is 45.7 Å². The first-order chi connectivity index (χ1) is 13.3. The van der Waals surface area contributed by atoms with E-state index in [1.807, 2.05) is 58.0 Å². The fourth-order valence-corrected chi connectivity index (χ4v) is 2.82. The lowest BCUT2D eigenvalue weighted by atomic mass is 9.96. The van der Waals surface area contributed by atoms with Gasteiger partial charge in [-0.05, 0) is 32.8 Å². The molecule has 2 atom stereocenters. The van der Waals surface area contributed by atoms with Gasteiger partial charge in [0.15, 0.2) is 0 Å². The predicted octanol–water partition coefficient (Wildman–Crippen LogP) is 3.72. The van der Waals surface area contributed by atoms with E-state index < -0.39 is 17.7 Å². The van der Waals surface area contributed by atoms with Crippen LogP contribution < -0.4 is 5.32 Å². The summed E-state index contributed by atoms with van der Waals surface area (Å²) in [6, 6.07) is 8.88. The number of nitrogens with zero attached hydrogens (tertiary/aromatic N) is 2. The summed E-state index contributed by atoms with van der Waals surface area (Å²) in [5.41, 5.74) is 0.311. The molecule has 0 spiro atoms. The molecule has 1 amide bonds. The van der Waals surface area contributed by atoms with E-state index in [4.69, 9.17) is 9.47 Å². The van der Waals surface area contributed by atoms with Crippen LogP contribution in [0.25, 0.3) is 0 Å². The average Bonchev–Trinajstić information content (AvgIpc) is 3.16. The Morgan fingerprint density at radius 3 is 2.50 bits per heavy atom. The van der Waals surface area contributed by atoms with Gasteiger partial charge in [0.2, 0.25) is 0 Å². The molecule has 0 aliphatic heterocycles. The lowest BCUT2D eigenvalue weighted by Gasteiger charge is -2.29. The largest absolute Gasteiger partial charge is 0.458 e. The Hall–Kier alpha value is -2.83. The van der Waals surface area contributed by atoms with Crippen molar-refractivity contribution in [3.63, 3.8) is 0 Å². The van der Waals surface area contributed by atoms with Crippen molar-refractivity contribution in [2.75, 3.05) is 6.54 Å². The van der Waals surface area contributed by atoms with Crippen molar-refractivity contribution in [2.45, 2.75) is 52.4 Å². The van der Waals surface area contributed by atoms with Gasteiger partial charge >= 0.3 is 12.1 Å². The van der Waals surface area contributed by atoms with Crippen LogP contribution in [0.3, 0.4) is 0 Å². The summed E-state index contributed by atoms with van der Waals surface area (Å²) in [6.07, 6.45) is 5.08. The molecular formula is C21H29N3O4. The molecule has 2 aromatic rings. The first-order valence-corrected chi connectivity index (χ1v) is 9.45. The van der Waals surface area contributed by atoms with Crippen LogP contribution in [0.15, 0.2) is 49.1 Å². The summed E-state index contributed by atoms with van der Waals surface area (Å²) in [7, 11) is 0. The number of hydrogen-bond acceptors (Lipinski definition) is 5. The molecule has 28 heavy (non-hydrogen) atoms. The first-order valence-electron chi connectivity index (χ1n) is 9.45. The average molecular weight is 387 g/mol. The van der Waals surface area contributed by atoms with Crippen molar-refractivity contribution in [3.8, 4) is 0 Å². The number of amides is 1. The van der Waals surface area contributed by atoms with E-state index in [9.17, 15) is 9.59 Å². The summed E-state index contributed by atoms with van der Waals surface area (Å²) < 4.78 is 12.6. The fourth-order valence-electron chi connectivity index (χ4n) is 2.82. The van der Waals surface area contributed by atoms with E-state index in [1.54, 1.807) is 23.3 Å². The van der Waals surface area contributed by atoms with Crippen molar-refractivity contribution >= 4 is 12.1 Å². The number of hydrogen-bond donors (Lipinski definition) is 1. The number of carbonyl (C=O) groups is 2. The zero-order valence-corrected chi connectivity index (χ0v) is 16.9. The van der Waals surface area contributed by atoms with E-state index in [-0.39, 0.29) is 25.0 Å². The van der Waals surface area contributed by atoms with Crippen LogP contribution in [0.5, 0.6) is 0 Å². The van der Waals surface area contributed by atoms with Gasteiger partial charge in [0.25, 0.3) is 0 Å². The van der Waals surface area contributed by atoms with Crippen molar-refractivity contribution in [3.05, 3.63) is 54.6 Å². The quantitative estimate of drug-likeness (QED) is 0.698. The number of carbonyl (C=O) groups excluding carboxylic acids is 2. The molecular weight excluding hydrogens is 358 g/mol. The minimum absolute atomic E-state index is 0.173. The Bertz CT molecular complexity index is 739. The summed E-state index contributed by atoms with van der Waals surface area (Å²) in [4.78, 5) is 28.9. The van der Waals surface area contributed by atoms with Gasteiger partial charge in [-0.1, -0.05) is 37.3 Å². The van der Waals surface area contributed by atoms with E-state index in [0.717, 1.165) is 5.56 Å². The monoisotopic (exact) mass is 387 g/mol. The maximum absolute atomic E-state index is 12.8. The molecule has 0 bridgehead atoms. The molecule has 1 aromatic carbocycles. The van der Waals surface area contributed by atoms with E-state index >= 15 is 0 Å². The molecule has 0 fully saturated rings. The third kappa shape index (κ3) is 6.72. The van der Waals surface area contributed by atoms with Crippen LogP contribution >= 0.6 is 0 Å². The van der Waals surface area contributed by atoms with Crippen LogP contribution in [-0.2, 0) is 20.9 Å². The molecule has 0 unspecified atom stereocenters. The molecule has 1 heterocycles. The highest BCUT2D eigenvalue weighted by molar-refractivity contribution is 5.75. The van der Waals surface area contributed by atoms with Gasteiger partial charge in [-0.3, -0.25) is 0 Å². The maximum atomic E-state index is 12.8. The van der Waals surface area contributed by atoms with Gasteiger partial charge in [-0.25, -0.2) is 14.6 Å². The number of imidazole rings is 1. The molecule has 0 saturated carbocycles. The Kier molecular flexibility index (Phi) is 7.61. The molecule has 0 radical (unpaired) electrons. The van der Waals surface area contributed by atoms with Gasteiger partial charge in [0.05, 0.1) is 6.33 Å². The molecule has 1 N–H and O–H groups in total. The summed E-state index contributed by atoms with van der Waals surface area (Å²) in [5.74, 6) is -0.523. The number of alkyl carbamates (subject to hydrolysis) is 1. The highest BCUT2D eigenvalue weighted by Gasteiger charge is 2.33. The van der Waals surface area contributed by atoms with Crippen molar-refractivity contribution in [1.29, 1.82) is 0 Å². The van der Waals surface area contributed by atoms with Crippen LogP contribution in [0.4, 0.5) is 4.79 Å². The molecule has 0 aliphatic rings. The lowest BCUT2D eigenvalue weighted by molar-refractivity contribution is -0.161. The minimum atomic E-state index is -0.601. The second kappa shape index (κ2) is 9.92. The van der Waals surface area contributed by atoms with Gasteiger partial charge in [0.1, 0.15) is 18.2 Å². The Labute approximate surface area is 166 Å². The first kappa shape index (κ1) is 21.5. The Morgan fingerprint density at radius 1 is 1.21 bits per heavy atom. The van der Waals surface area contributed by atoms with Gasteiger partial charge < -0.3 is 19.4 Å². The van der Waals surface area contributed by atoms with Gasteiger partial charge in [0, 0.05) is 24.9 Å². The Balaban J connectivity index is 1.98. The van der Waals surface area contributed by atoms with Gasteiger partial charge in [-0.2, -0.15) is 0 Å². The smallest absolute Gasteiger partial charge is 0.407 e. The molecule has 1 aromatic heterocycles. The molecule has 152 valence electrons. The molecule has 0 saturated heterocycles. The second-order valence-electron chi connectivity index (χ2n) is 7.60. The van der Waals surface area contributed by atoms with Gasteiger partial charge in [-0.15, -0.1) is 0 Å². The summed E-state index contributed by atoms with van der Waals surface area (Å²) >= 11 is 0. The van der Waals surface area contributed by atoms with Crippen molar-refractivity contribution in [1.82, 2.24) is 14.9 Å². The standard InChI is InChI=1S/C21H29N3O4/c1-5-17(13-23-20(26)27-14-16-9-7-6-8-10-16)18(24-12-11-22-15-24)19(25)28-21(2,3)4/h6-12,15,17-18H,5,13-14H2,1-4H3,(H,23,26)/t17-,18-/m0/s1. The molecule has 2 rings (SSSR count). The highest BCUT2D eigenvalue weighted by atomic mass is 16.6. The maximum Gasteiger partial charge on any atom is 0.407 e. The number of benzene rings is 1. The molecule has 7 heteroatoms. The lowest BCUT2D eigenvalue weighted by Crippen LogP contribution is -2.39. The fraction of sp³-hybridized carbons (Fsp3) is 0.476. The number of rotatable bonds is 8. The number of nitrogens with one attached hydrogen (secondary N) is 1. The molecule has 7 nitrogen and oxygen atoms in total. The van der Waals surface area contributed by atoms with Crippen LogP contribution in [0.2, 0.25) is 0 Å². The second-order valence-corrected chi connectivity index (χ2v) is 7.60. The van der Waals surface area contributed by atoms with Crippen molar-refractivity contribution < 1.29 is 19.1 Å². The number of aromatic nitrogens is 2. The van der Waals surface area contributed by atoms with Crippen molar-refractivity contribution in [2.24, 2.45) is 5.92 Å². The van der Waals surface area contributed by atoms with E-state index in [0.29, 0.717) is 6.42 Å². The zero-order chi connectivity index (χ0) is 20.6. The number of esters is 1. The third-order valence-electron chi connectivity index (χ3n) is 4.19. The zero-order valence-electron chi connectivity index (χ0n) is 16.9. The normalized spacial score (nSPS) is 13.4. The Morgan fingerprint density at radius 2 is 1.93 bits per heavy atom. The molecule has 0 aliphatic carbocycles. The van der Waals surface area contributed by atoms with Crippen LogP contribution in [0, 0.1) is 5.92 Å². The topological polar surface area (TPSA) is 82.5 Å². The van der Waals surface area contributed by atoms with E-state index in [2.05, 4.69) is 10.3 Å². The summed E-state index contributed by atoms with van der Waals surface area (Å²) in [6.45, 7) is 7.94. The third-order valence-corrected chi connectivity index (χ3v) is 4.19. The summed E-state index contributed by atoms with van der Waals surface area (Å²) in [5, 5.41) is 2.76. The SMILES string of the molecule is CC[C@@H](CNC(=O)OCc1ccccc1)[C@@H](C(=O)OC(C)(C)C)n1ccnc1. The van der Waals surface area contributed by atoms with Crippen LogP contribution in [-0.4, -0.2) is 33.8 Å². The predicted molar refractivity (Wildman–Crippen MR) is 106 cm³/mol.